The number of carbonyl (C=O) groups is 1. The van der Waals surface area contributed by atoms with Crippen LogP contribution in [0.25, 0.3) is 0 Å². The minimum Gasteiger partial charge on any atom is -0.493 e. The molecule has 0 N–H and O–H groups in total. The fourth-order valence-corrected chi connectivity index (χ4v) is 1.90. The highest BCUT2D eigenvalue weighted by molar-refractivity contribution is 6.10. The van der Waals surface area contributed by atoms with Crippen molar-refractivity contribution in [3.8, 4) is 11.5 Å². The third kappa shape index (κ3) is 3.78. The molecule has 2 rings (SSSR count). The van der Waals surface area contributed by atoms with Gasteiger partial charge in [0.2, 0.25) is 0 Å². The molecule has 0 amide bonds. The van der Waals surface area contributed by atoms with E-state index >= 15 is 0 Å². The number of carbonyl (C=O) groups excluding carboxylic acids is 1. The normalized spacial score (nSPS) is 10.5. The van der Waals surface area contributed by atoms with Gasteiger partial charge in [0.1, 0.15) is 11.5 Å². The van der Waals surface area contributed by atoms with Crippen molar-refractivity contribution in [2.24, 2.45) is 0 Å². The molecule has 0 fully saturated rings. The number of ketones is 1. The van der Waals surface area contributed by atoms with Crippen LogP contribution in [0.3, 0.4) is 0 Å². The van der Waals surface area contributed by atoms with Gasteiger partial charge in [-0.25, -0.2) is 0 Å². The third-order valence-corrected chi connectivity index (χ3v) is 2.75. The Morgan fingerprint density at radius 2 is 1.90 bits per heavy atom. The first kappa shape index (κ1) is 15.0. The number of hydrogen-bond acceptors (Lipinski definition) is 3. The van der Waals surface area contributed by atoms with E-state index in [0.717, 1.165) is 0 Å². The Morgan fingerprint density at radius 1 is 1.14 bits per heavy atom. The van der Waals surface area contributed by atoms with Crippen molar-refractivity contribution in [2.75, 3.05) is 6.61 Å². The van der Waals surface area contributed by atoms with Crippen molar-refractivity contribution in [2.45, 2.75) is 13.5 Å². The molecule has 0 bridgehead atoms. The molecule has 0 spiro atoms. The SMILES string of the molecule is CCOc1ccccc1C(=O)c1cccc(OC(F)F)c1. The van der Waals surface area contributed by atoms with Crippen LogP contribution in [-0.4, -0.2) is 19.0 Å². The quantitative estimate of drug-likeness (QED) is 0.757. The monoisotopic (exact) mass is 292 g/mol. The Labute approximate surface area is 121 Å². The standard InChI is InChI=1S/C16H14F2O3/c1-2-20-14-9-4-3-8-13(14)15(19)11-6-5-7-12(10-11)21-16(17)18/h3-10,16H,2H2,1H3. The molecule has 0 atom stereocenters. The van der Waals surface area contributed by atoms with Gasteiger partial charge >= 0.3 is 6.61 Å². The van der Waals surface area contributed by atoms with Gasteiger partial charge in [-0.3, -0.25) is 4.79 Å². The lowest BCUT2D eigenvalue weighted by molar-refractivity contribution is -0.0498. The van der Waals surface area contributed by atoms with Crippen LogP contribution in [0.1, 0.15) is 22.8 Å². The lowest BCUT2D eigenvalue weighted by Crippen LogP contribution is -2.07. The summed E-state index contributed by atoms with van der Waals surface area (Å²) in [5.41, 5.74) is 0.647. The van der Waals surface area contributed by atoms with Crippen LogP contribution in [0.4, 0.5) is 8.78 Å². The van der Waals surface area contributed by atoms with Crippen LogP contribution in [0, 0.1) is 0 Å². The summed E-state index contributed by atoms with van der Waals surface area (Å²) in [4.78, 5) is 12.5. The number of hydrogen-bond donors (Lipinski definition) is 0. The van der Waals surface area contributed by atoms with E-state index in [-0.39, 0.29) is 17.1 Å². The van der Waals surface area contributed by atoms with E-state index in [1.54, 1.807) is 30.3 Å². The molecule has 0 aromatic heterocycles. The summed E-state index contributed by atoms with van der Waals surface area (Å²) in [7, 11) is 0. The first-order valence-corrected chi connectivity index (χ1v) is 6.43. The minimum atomic E-state index is -2.92. The van der Waals surface area contributed by atoms with Crippen molar-refractivity contribution in [1.29, 1.82) is 0 Å². The van der Waals surface area contributed by atoms with Gasteiger partial charge < -0.3 is 9.47 Å². The molecule has 0 saturated carbocycles. The Hall–Kier alpha value is -2.43. The molecule has 3 nitrogen and oxygen atoms in total. The molecule has 21 heavy (non-hydrogen) atoms. The molecule has 0 unspecified atom stereocenters. The predicted octanol–water partition coefficient (Wildman–Crippen LogP) is 3.92. The van der Waals surface area contributed by atoms with E-state index in [2.05, 4.69) is 4.74 Å². The lowest BCUT2D eigenvalue weighted by atomic mass is 10.0. The molecule has 0 aliphatic rings. The van der Waals surface area contributed by atoms with Gasteiger partial charge in [0.25, 0.3) is 0 Å². The predicted molar refractivity (Wildman–Crippen MR) is 74.1 cm³/mol. The van der Waals surface area contributed by atoms with Crippen LogP contribution in [0.2, 0.25) is 0 Å². The first-order valence-electron chi connectivity index (χ1n) is 6.43. The molecule has 0 saturated heterocycles. The summed E-state index contributed by atoms with van der Waals surface area (Å²) in [6.07, 6.45) is 0. The molecule has 2 aromatic carbocycles. The van der Waals surface area contributed by atoms with E-state index in [0.29, 0.717) is 17.9 Å². The molecule has 0 aliphatic heterocycles. The van der Waals surface area contributed by atoms with Crippen molar-refractivity contribution in [3.05, 3.63) is 59.7 Å². The maximum Gasteiger partial charge on any atom is 0.387 e. The zero-order valence-corrected chi connectivity index (χ0v) is 11.4. The molecule has 0 heterocycles. The summed E-state index contributed by atoms with van der Waals surface area (Å²) >= 11 is 0. The maximum absolute atomic E-state index is 12.5. The highest BCUT2D eigenvalue weighted by Gasteiger charge is 2.15. The Balaban J connectivity index is 2.32. The van der Waals surface area contributed by atoms with E-state index in [1.165, 1.54) is 18.2 Å². The number of halogens is 2. The van der Waals surface area contributed by atoms with Crippen LogP contribution < -0.4 is 9.47 Å². The molecule has 5 heteroatoms. The fourth-order valence-electron chi connectivity index (χ4n) is 1.90. The van der Waals surface area contributed by atoms with Gasteiger partial charge in [-0.1, -0.05) is 24.3 Å². The van der Waals surface area contributed by atoms with Crippen molar-refractivity contribution >= 4 is 5.78 Å². The fraction of sp³-hybridized carbons (Fsp3) is 0.188. The number of ether oxygens (including phenoxy) is 2. The average molecular weight is 292 g/mol. The van der Waals surface area contributed by atoms with Gasteiger partial charge in [-0.15, -0.1) is 0 Å². The highest BCUT2D eigenvalue weighted by Crippen LogP contribution is 2.24. The summed E-state index contributed by atoms with van der Waals surface area (Å²) in [6.45, 7) is -0.678. The van der Waals surface area contributed by atoms with Crippen LogP contribution in [0.15, 0.2) is 48.5 Å². The molecule has 2 aromatic rings. The number of benzene rings is 2. The Morgan fingerprint density at radius 3 is 2.62 bits per heavy atom. The molecule has 110 valence electrons. The van der Waals surface area contributed by atoms with Gasteiger partial charge in [-0.2, -0.15) is 8.78 Å². The van der Waals surface area contributed by atoms with Crippen molar-refractivity contribution in [3.63, 3.8) is 0 Å². The van der Waals surface area contributed by atoms with Crippen molar-refractivity contribution < 1.29 is 23.0 Å². The Kier molecular flexibility index (Phi) is 4.87. The largest absolute Gasteiger partial charge is 0.493 e. The second kappa shape index (κ2) is 6.83. The van der Waals surface area contributed by atoms with Crippen LogP contribution in [0.5, 0.6) is 11.5 Å². The molecule has 0 radical (unpaired) electrons. The van der Waals surface area contributed by atoms with Gasteiger partial charge in [0, 0.05) is 5.56 Å². The summed E-state index contributed by atoms with van der Waals surface area (Å²) in [6, 6.07) is 12.5. The zero-order valence-electron chi connectivity index (χ0n) is 11.4. The number of rotatable bonds is 6. The smallest absolute Gasteiger partial charge is 0.387 e. The molecular weight excluding hydrogens is 278 g/mol. The summed E-state index contributed by atoms with van der Waals surface area (Å²) in [5.74, 6) is 0.105. The number of para-hydroxylation sites is 1. The van der Waals surface area contributed by atoms with Crippen LogP contribution in [-0.2, 0) is 0 Å². The lowest BCUT2D eigenvalue weighted by Gasteiger charge is -2.10. The third-order valence-electron chi connectivity index (χ3n) is 2.75. The highest BCUT2D eigenvalue weighted by atomic mass is 19.3. The van der Waals surface area contributed by atoms with E-state index in [9.17, 15) is 13.6 Å². The first-order chi connectivity index (χ1) is 10.1. The maximum atomic E-state index is 12.5. The Bertz CT molecular complexity index is 626. The topological polar surface area (TPSA) is 35.5 Å². The van der Waals surface area contributed by atoms with Gasteiger partial charge in [-0.05, 0) is 31.2 Å². The van der Waals surface area contributed by atoms with Gasteiger partial charge in [0.15, 0.2) is 5.78 Å². The molecule has 0 aliphatic carbocycles. The van der Waals surface area contributed by atoms with Gasteiger partial charge in [0.05, 0.1) is 12.2 Å². The van der Waals surface area contributed by atoms with E-state index < -0.39 is 6.61 Å². The number of alkyl halides is 2. The summed E-state index contributed by atoms with van der Waals surface area (Å²) in [5, 5.41) is 0. The average Bonchev–Trinajstić information content (AvgIpc) is 2.47. The zero-order chi connectivity index (χ0) is 15.2. The van der Waals surface area contributed by atoms with E-state index in [1.807, 2.05) is 6.92 Å². The second-order valence-electron chi connectivity index (χ2n) is 4.16. The summed E-state index contributed by atoms with van der Waals surface area (Å²) < 4.78 is 34.1. The van der Waals surface area contributed by atoms with E-state index in [4.69, 9.17) is 4.74 Å². The van der Waals surface area contributed by atoms with Crippen LogP contribution >= 0.6 is 0 Å². The second-order valence-corrected chi connectivity index (χ2v) is 4.16. The molecular formula is C16H14F2O3. The minimum absolute atomic E-state index is 0.0512. The van der Waals surface area contributed by atoms with Crippen molar-refractivity contribution in [1.82, 2.24) is 0 Å².